The van der Waals surface area contributed by atoms with Crippen molar-refractivity contribution >= 4 is 34.8 Å². The Morgan fingerprint density at radius 3 is 2.47 bits per heavy atom. The minimum Gasteiger partial charge on any atom is -0.437 e. The summed E-state index contributed by atoms with van der Waals surface area (Å²) in [5, 5.41) is 10.5. The van der Waals surface area contributed by atoms with Crippen LogP contribution in [-0.2, 0) is 0 Å². The lowest BCUT2D eigenvalue weighted by molar-refractivity contribution is 0.198. The predicted molar refractivity (Wildman–Crippen MR) is 76.4 cm³/mol. The molecule has 2 rings (SSSR count). The molecule has 0 spiro atoms. The monoisotopic (exact) mass is 317 g/mol. The van der Waals surface area contributed by atoms with Crippen molar-refractivity contribution in [1.29, 1.82) is 0 Å². The lowest BCUT2D eigenvalue weighted by Crippen LogP contribution is -1.94. The van der Waals surface area contributed by atoms with Crippen molar-refractivity contribution in [3.8, 4) is 11.6 Å². The Morgan fingerprint density at radius 2 is 1.79 bits per heavy atom. The van der Waals surface area contributed by atoms with E-state index in [0.29, 0.717) is 32.3 Å². The largest absolute Gasteiger partial charge is 0.437 e. The Labute approximate surface area is 125 Å². The van der Waals surface area contributed by atoms with Crippen molar-refractivity contribution in [2.24, 2.45) is 0 Å². The van der Waals surface area contributed by atoms with Gasteiger partial charge in [-0.05, 0) is 24.6 Å². The second kappa shape index (κ2) is 5.97. The summed E-state index contributed by atoms with van der Waals surface area (Å²) in [6.07, 6.45) is 0.942. The molecule has 100 valence electrons. The molecular weight excluding hydrogens is 309 g/mol. The molecule has 1 N–H and O–H groups in total. The van der Waals surface area contributed by atoms with Gasteiger partial charge in [-0.2, -0.15) is 0 Å². The molecule has 0 amide bonds. The number of rotatable bonds is 3. The fourth-order valence-corrected chi connectivity index (χ4v) is 2.01. The number of aromatic nitrogens is 1. The molecule has 1 aromatic carbocycles. The van der Waals surface area contributed by atoms with E-state index in [-0.39, 0.29) is 0 Å². The van der Waals surface area contributed by atoms with E-state index in [4.69, 9.17) is 39.5 Å². The summed E-state index contributed by atoms with van der Waals surface area (Å²) in [4.78, 5) is 4.04. The predicted octanol–water partition coefficient (Wildman–Crippen LogP) is 4.89. The summed E-state index contributed by atoms with van der Waals surface area (Å²) < 4.78 is 5.54. The van der Waals surface area contributed by atoms with Gasteiger partial charge in [-0.25, -0.2) is 4.98 Å². The van der Waals surface area contributed by atoms with E-state index in [2.05, 4.69) is 4.98 Å². The smallest absolute Gasteiger partial charge is 0.219 e. The van der Waals surface area contributed by atoms with Crippen LogP contribution < -0.4 is 4.74 Å². The summed E-state index contributed by atoms with van der Waals surface area (Å²) in [6, 6.07) is 6.35. The van der Waals surface area contributed by atoms with Gasteiger partial charge in [-0.1, -0.05) is 34.8 Å². The molecule has 6 heteroatoms. The minimum absolute atomic E-state index is 0.318. The van der Waals surface area contributed by atoms with Gasteiger partial charge < -0.3 is 9.84 Å². The summed E-state index contributed by atoms with van der Waals surface area (Å²) in [5.74, 6) is 0.671. The Kier molecular flexibility index (Phi) is 4.53. The van der Waals surface area contributed by atoms with Gasteiger partial charge in [0.25, 0.3) is 0 Å². The van der Waals surface area contributed by atoms with Crippen LogP contribution in [0.15, 0.2) is 30.5 Å². The average Bonchev–Trinajstić information content (AvgIpc) is 2.36. The van der Waals surface area contributed by atoms with Gasteiger partial charge in [0.05, 0.1) is 21.2 Å². The molecule has 0 aliphatic carbocycles. The molecule has 0 aliphatic rings. The third-order valence-electron chi connectivity index (χ3n) is 2.43. The number of ether oxygens (including phenoxy) is 1. The molecule has 1 atom stereocenters. The first kappa shape index (κ1) is 14.4. The number of hydrogen-bond donors (Lipinski definition) is 1. The van der Waals surface area contributed by atoms with E-state index in [1.54, 1.807) is 25.3 Å². The molecule has 0 unspecified atom stereocenters. The molecule has 0 bridgehead atoms. The molecule has 2 aromatic rings. The van der Waals surface area contributed by atoms with Crippen LogP contribution in [-0.4, -0.2) is 10.1 Å². The highest BCUT2D eigenvalue weighted by Gasteiger charge is 2.10. The van der Waals surface area contributed by atoms with E-state index >= 15 is 0 Å². The van der Waals surface area contributed by atoms with Crippen LogP contribution in [0.4, 0.5) is 0 Å². The van der Waals surface area contributed by atoms with Gasteiger partial charge in [0.1, 0.15) is 5.75 Å². The molecule has 0 fully saturated rings. The Balaban J connectivity index is 2.31. The van der Waals surface area contributed by atoms with Gasteiger partial charge in [0, 0.05) is 18.3 Å². The van der Waals surface area contributed by atoms with Crippen molar-refractivity contribution in [1.82, 2.24) is 4.98 Å². The van der Waals surface area contributed by atoms with E-state index < -0.39 is 6.10 Å². The molecule has 1 aromatic heterocycles. The second-order valence-corrected chi connectivity index (χ2v) is 5.12. The Bertz CT molecular complexity index is 602. The highest BCUT2D eigenvalue weighted by atomic mass is 35.5. The van der Waals surface area contributed by atoms with Gasteiger partial charge in [0.2, 0.25) is 5.88 Å². The molecule has 3 nitrogen and oxygen atoms in total. The topological polar surface area (TPSA) is 42.4 Å². The maximum atomic E-state index is 9.50. The summed E-state index contributed by atoms with van der Waals surface area (Å²) in [6.45, 7) is 1.66. The minimum atomic E-state index is -0.602. The normalized spacial score (nSPS) is 12.3. The molecule has 19 heavy (non-hydrogen) atoms. The second-order valence-electron chi connectivity index (χ2n) is 3.90. The Morgan fingerprint density at radius 1 is 1.11 bits per heavy atom. The zero-order chi connectivity index (χ0) is 14.0. The zero-order valence-corrected chi connectivity index (χ0v) is 12.2. The van der Waals surface area contributed by atoms with Gasteiger partial charge in [-0.15, -0.1) is 0 Å². The lowest BCUT2D eigenvalue weighted by atomic mass is 10.2. The number of hydrogen-bond acceptors (Lipinski definition) is 3. The van der Waals surface area contributed by atoms with E-state index in [9.17, 15) is 5.11 Å². The van der Waals surface area contributed by atoms with Gasteiger partial charge in [-0.3, -0.25) is 0 Å². The van der Waals surface area contributed by atoms with Crippen molar-refractivity contribution in [2.45, 2.75) is 13.0 Å². The third-order valence-corrected chi connectivity index (χ3v) is 3.45. The van der Waals surface area contributed by atoms with E-state index in [0.717, 1.165) is 0 Å². The number of halogens is 3. The number of aliphatic hydroxyl groups excluding tert-OH is 1. The van der Waals surface area contributed by atoms with E-state index in [1.165, 1.54) is 12.1 Å². The van der Waals surface area contributed by atoms with Crippen molar-refractivity contribution < 1.29 is 9.84 Å². The van der Waals surface area contributed by atoms with Crippen molar-refractivity contribution in [3.05, 3.63) is 51.1 Å². The first-order valence-corrected chi connectivity index (χ1v) is 6.57. The number of aliphatic hydroxyl groups is 1. The molecule has 0 radical (unpaired) electrons. The van der Waals surface area contributed by atoms with Gasteiger partial charge in [0.15, 0.2) is 0 Å². The highest BCUT2D eigenvalue weighted by Crippen LogP contribution is 2.36. The SMILES string of the molecule is C[C@H](O)c1ccnc(Oc2cc(Cl)c(Cl)cc2Cl)c1. The maximum absolute atomic E-state index is 9.50. The first-order valence-electron chi connectivity index (χ1n) is 5.44. The lowest BCUT2D eigenvalue weighted by Gasteiger charge is -2.10. The fourth-order valence-electron chi connectivity index (χ4n) is 1.44. The maximum Gasteiger partial charge on any atom is 0.219 e. The quantitative estimate of drug-likeness (QED) is 0.819. The molecular formula is C13H10Cl3NO2. The highest BCUT2D eigenvalue weighted by molar-refractivity contribution is 6.43. The molecule has 0 saturated carbocycles. The van der Waals surface area contributed by atoms with Crippen LogP contribution in [0.3, 0.4) is 0 Å². The number of benzene rings is 1. The first-order chi connectivity index (χ1) is 8.97. The van der Waals surface area contributed by atoms with Crippen LogP contribution in [0.5, 0.6) is 11.6 Å². The standard InChI is InChI=1S/C13H10Cl3NO2/c1-7(18)8-2-3-17-13(4-8)19-12-6-10(15)9(14)5-11(12)16/h2-7,18H,1H3/t7-/m0/s1. The summed E-state index contributed by atoms with van der Waals surface area (Å²) in [5.41, 5.74) is 0.696. The molecule has 1 heterocycles. The average molecular weight is 319 g/mol. The third kappa shape index (κ3) is 3.51. The van der Waals surface area contributed by atoms with Crippen LogP contribution in [0.25, 0.3) is 0 Å². The summed E-state index contributed by atoms with van der Waals surface area (Å²) in [7, 11) is 0. The number of pyridine rings is 1. The molecule has 0 aliphatic heterocycles. The van der Waals surface area contributed by atoms with Gasteiger partial charge >= 0.3 is 0 Å². The van der Waals surface area contributed by atoms with Crippen molar-refractivity contribution in [3.63, 3.8) is 0 Å². The molecule has 0 saturated heterocycles. The van der Waals surface area contributed by atoms with Crippen LogP contribution in [0.2, 0.25) is 15.1 Å². The fraction of sp³-hybridized carbons (Fsp3) is 0.154. The number of nitrogens with zero attached hydrogens (tertiary/aromatic N) is 1. The zero-order valence-electron chi connectivity index (χ0n) is 9.90. The van der Waals surface area contributed by atoms with Crippen molar-refractivity contribution in [2.75, 3.05) is 0 Å². The van der Waals surface area contributed by atoms with Crippen LogP contribution >= 0.6 is 34.8 Å². The van der Waals surface area contributed by atoms with Crippen LogP contribution in [0.1, 0.15) is 18.6 Å². The Hall–Kier alpha value is -1.000. The summed E-state index contributed by atoms with van der Waals surface area (Å²) >= 11 is 17.7. The van der Waals surface area contributed by atoms with Crippen LogP contribution in [0, 0.1) is 0 Å². The van der Waals surface area contributed by atoms with E-state index in [1.807, 2.05) is 0 Å².